The number of carbonyl (C=O) groups excluding carboxylic acids is 1. The third-order valence-electron chi connectivity index (χ3n) is 7.03. The SMILES string of the molecule is C[C@@H]1CCCCN1CCNC(=O)c1cc(=O)[nH]c2ccc(S(=O)(=O)N3CCCC[C@@H]3C)cc12. The van der Waals surface area contributed by atoms with Gasteiger partial charge in [-0.25, -0.2) is 8.42 Å². The van der Waals surface area contributed by atoms with Crippen molar-refractivity contribution in [1.82, 2.24) is 19.5 Å². The minimum Gasteiger partial charge on any atom is -0.351 e. The molecule has 1 aromatic heterocycles. The van der Waals surface area contributed by atoms with Gasteiger partial charge in [-0.1, -0.05) is 12.8 Å². The van der Waals surface area contributed by atoms with Crippen LogP contribution in [0, 0.1) is 0 Å². The van der Waals surface area contributed by atoms with Crippen LogP contribution in [-0.2, 0) is 10.0 Å². The van der Waals surface area contributed by atoms with Crippen LogP contribution in [0.3, 0.4) is 0 Å². The zero-order valence-electron chi connectivity index (χ0n) is 19.5. The van der Waals surface area contributed by atoms with Gasteiger partial charge < -0.3 is 10.3 Å². The highest BCUT2D eigenvalue weighted by atomic mass is 32.2. The third-order valence-corrected chi connectivity index (χ3v) is 9.04. The number of sulfonamides is 1. The number of carbonyl (C=O) groups is 1. The summed E-state index contributed by atoms with van der Waals surface area (Å²) in [6.45, 7) is 6.88. The van der Waals surface area contributed by atoms with Crippen LogP contribution in [0.15, 0.2) is 34.0 Å². The number of hydrogen-bond acceptors (Lipinski definition) is 5. The molecular weight excluding hydrogens is 440 g/mol. The molecule has 2 saturated heterocycles. The molecule has 33 heavy (non-hydrogen) atoms. The Morgan fingerprint density at radius 2 is 1.79 bits per heavy atom. The van der Waals surface area contributed by atoms with E-state index in [-0.39, 0.29) is 22.4 Å². The van der Waals surface area contributed by atoms with Gasteiger partial charge in [0.05, 0.1) is 10.5 Å². The Kier molecular flexibility index (Phi) is 7.21. The predicted molar refractivity (Wildman–Crippen MR) is 129 cm³/mol. The van der Waals surface area contributed by atoms with E-state index in [0.717, 1.165) is 32.4 Å². The number of nitrogens with one attached hydrogen (secondary N) is 2. The van der Waals surface area contributed by atoms with Crippen LogP contribution in [0.5, 0.6) is 0 Å². The topological polar surface area (TPSA) is 103 Å². The van der Waals surface area contributed by atoms with Gasteiger partial charge in [-0.2, -0.15) is 4.31 Å². The maximum absolute atomic E-state index is 13.3. The molecule has 0 saturated carbocycles. The lowest BCUT2D eigenvalue weighted by Crippen LogP contribution is -2.42. The Balaban J connectivity index is 1.58. The molecule has 3 heterocycles. The van der Waals surface area contributed by atoms with Crippen molar-refractivity contribution in [1.29, 1.82) is 0 Å². The molecule has 0 spiro atoms. The molecule has 4 rings (SSSR count). The fourth-order valence-electron chi connectivity index (χ4n) is 5.04. The van der Waals surface area contributed by atoms with Gasteiger partial charge in [0, 0.05) is 48.7 Å². The van der Waals surface area contributed by atoms with E-state index in [0.29, 0.717) is 30.0 Å². The number of pyridine rings is 1. The highest BCUT2D eigenvalue weighted by Crippen LogP contribution is 2.27. The summed E-state index contributed by atoms with van der Waals surface area (Å²) < 4.78 is 28.2. The second-order valence-electron chi connectivity index (χ2n) is 9.35. The van der Waals surface area contributed by atoms with Crippen molar-refractivity contribution in [3.05, 3.63) is 40.2 Å². The molecular formula is C24H34N4O4S. The Labute approximate surface area is 195 Å². The molecule has 2 aromatic rings. The van der Waals surface area contributed by atoms with Gasteiger partial charge in [-0.05, 0) is 64.3 Å². The van der Waals surface area contributed by atoms with Gasteiger partial charge in [0.15, 0.2) is 0 Å². The van der Waals surface area contributed by atoms with Gasteiger partial charge in [-0.3, -0.25) is 14.5 Å². The summed E-state index contributed by atoms with van der Waals surface area (Å²) in [5.41, 5.74) is 0.254. The number of amides is 1. The number of rotatable bonds is 6. The summed E-state index contributed by atoms with van der Waals surface area (Å²) in [6, 6.07) is 6.29. The largest absolute Gasteiger partial charge is 0.351 e. The van der Waals surface area contributed by atoms with E-state index >= 15 is 0 Å². The molecule has 9 heteroatoms. The molecule has 2 atom stereocenters. The smallest absolute Gasteiger partial charge is 0.252 e. The first-order valence-electron chi connectivity index (χ1n) is 12.0. The van der Waals surface area contributed by atoms with E-state index < -0.39 is 15.6 Å². The summed E-state index contributed by atoms with van der Waals surface area (Å²) in [5, 5.41) is 3.36. The summed E-state index contributed by atoms with van der Waals surface area (Å²) >= 11 is 0. The number of fused-ring (bicyclic) bond motifs is 1. The summed E-state index contributed by atoms with van der Waals surface area (Å²) in [6.07, 6.45) is 6.28. The van der Waals surface area contributed by atoms with Crippen LogP contribution in [0.4, 0.5) is 0 Å². The molecule has 1 aromatic carbocycles. The molecule has 0 radical (unpaired) electrons. The molecule has 2 fully saturated rings. The van der Waals surface area contributed by atoms with Gasteiger partial charge in [-0.15, -0.1) is 0 Å². The van der Waals surface area contributed by atoms with Crippen molar-refractivity contribution in [2.45, 2.75) is 69.4 Å². The number of aromatic amines is 1. The molecule has 2 aliphatic heterocycles. The van der Waals surface area contributed by atoms with Crippen LogP contribution in [0.1, 0.15) is 62.7 Å². The lowest BCUT2D eigenvalue weighted by Gasteiger charge is -2.33. The number of benzene rings is 1. The van der Waals surface area contributed by atoms with Crippen molar-refractivity contribution >= 4 is 26.8 Å². The fraction of sp³-hybridized carbons (Fsp3) is 0.583. The Hall–Kier alpha value is -2.23. The Bertz CT molecular complexity index is 1180. The van der Waals surface area contributed by atoms with Crippen molar-refractivity contribution in [2.24, 2.45) is 0 Å². The number of nitrogens with zero attached hydrogens (tertiary/aromatic N) is 2. The lowest BCUT2D eigenvalue weighted by molar-refractivity contribution is 0.0940. The molecule has 2 aliphatic rings. The second kappa shape index (κ2) is 9.95. The average molecular weight is 475 g/mol. The average Bonchev–Trinajstić information content (AvgIpc) is 2.79. The van der Waals surface area contributed by atoms with E-state index in [1.165, 1.54) is 37.5 Å². The number of aromatic nitrogens is 1. The third kappa shape index (κ3) is 5.15. The molecule has 0 unspecified atom stereocenters. The minimum atomic E-state index is -3.69. The molecule has 0 aliphatic carbocycles. The zero-order chi connectivity index (χ0) is 23.6. The Morgan fingerprint density at radius 1 is 1.06 bits per heavy atom. The summed E-state index contributed by atoms with van der Waals surface area (Å²) in [7, 11) is -3.69. The van der Waals surface area contributed by atoms with E-state index in [9.17, 15) is 18.0 Å². The first kappa shape index (κ1) is 23.9. The number of H-pyrrole nitrogens is 1. The van der Waals surface area contributed by atoms with E-state index in [2.05, 4.69) is 22.1 Å². The fourth-order valence-corrected chi connectivity index (χ4v) is 6.77. The Morgan fingerprint density at radius 3 is 2.52 bits per heavy atom. The molecule has 2 N–H and O–H groups in total. The van der Waals surface area contributed by atoms with Gasteiger partial charge >= 0.3 is 0 Å². The monoisotopic (exact) mass is 474 g/mol. The van der Waals surface area contributed by atoms with Crippen LogP contribution >= 0.6 is 0 Å². The van der Waals surface area contributed by atoms with E-state index in [1.807, 2.05) is 6.92 Å². The van der Waals surface area contributed by atoms with E-state index in [4.69, 9.17) is 0 Å². The van der Waals surface area contributed by atoms with Crippen molar-refractivity contribution in [2.75, 3.05) is 26.2 Å². The zero-order valence-corrected chi connectivity index (χ0v) is 20.3. The number of hydrogen-bond donors (Lipinski definition) is 2. The second-order valence-corrected chi connectivity index (χ2v) is 11.2. The van der Waals surface area contributed by atoms with Crippen molar-refractivity contribution in [3.8, 4) is 0 Å². The summed E-state index contributed by atoms with van der Waals surface area (Å²) in [4.78, 5) is 30.4. The van der Waals surface area contributed by atoms with Crippen molar-refractivity contribution in [3.63, 3.8) is 0 Å². The van der Waals surface area contributed by atoms with Gasteiger partial charge in [0.1, 0.15) is 0 Å². The highest BCUT2D eigenvalue weighted by molar-refractivity contribution is 7.89. The minimum absolute atomic E-state index is 0.0602. The van der Waals surface area contributed by atoms with Gasteiger partial charge in [0.25, 0.3) is 5.91 Å². The lowest BCUT2D eigenvalue weighted by atomic mass is 10.0. The van der Waals surface area contributed by atoms with Crippen LogP contribution < -0.4 is 10.9 Å². The van der Waals surface area contributed by atoms with Gasteiger partial charge in [0.2, 0.25) is 15.6 Å². The number of piperidine rings is 2. The predicted octanol–water partition coefficient (Wildman–Crippen LogP) is 2.70. The maximum atomic E-state index is 13.3. The molecule has 8 nitrogen and oxygen atoms in total. The van der Waals surface area contributed by atoms with E-state index in [1.54, 1.807) is 10.4 Å². The summed E-state index contributed by atoms with van der Waals surface area (Å²) in [5.74, 6) is -0.364. The quantitative estimate of drug-likeness (QED) is 0.670. The molecule has 180 valence electrons. The van der Waals surface area contributed by atoms with Crippen LogP contribution in [-0.4, -0.2) is 66.8 Å². The molecule has 1 amide bonds. The molecule has 0 bridgehead atoms. The highest BCUT2D eigenvalue weighted by Gasteiger charge is 2.31. The normalized spacial score (nSPS) is 23.0. The van der Waals surface area contributed by atoms with Crippen LogP contribution in [0.25, 0.3) is 10.9 Å². The van der Waals surface area contributed by atoms with Crippen molar-refractivity contribution < 1.29 is 13.2 Å². The first-order chi connectivity index (χ1) is 15.8. The first-order valence-corrected chi connectivity index (χ1v) is 13.4. The number of likely N-dealkylation sites (tertiary alicyclic amines) is 1. The maximum Gasteiger partial charge on any atom is 0.252 e. The standard InChI is InChI=1S/C24H34N4O4S/c1-17-7-3-5-12-27(17)14-11-25-24(30)21-16-23(29)26-22-10-9-19(15-20(21)22)33(31,32)28-13-6-4-8-18(28)2/h9-10,15-18H,3-8,11-14H2,1-2H3,(H,25,30)(H,26,29)/t17-,18+/m1/s1. The van der Waals surface area contributed by atoms with Crippen LogP contribution in [0.2, 0.25) is 0 Å².